The van der Waals surface area contributed by atoms with Gasteiger partial charge in [0.2, 0.25) is 0 Å². The fourth-order valence-electron chi connectivity index (χ4n) is 5.13. The number of aliphatic imine (C=N–C) groups is 1. The molecule has 3 aliphatic rings. The van der Waals surface area contributed by atoms with Crippen LogP contribution in [0, 0.1) is 5.92 Å². The summed E-state index contributed by atoms with van der Waals surface area (Å²) < 4.78 is 0. The molecule has 2 unspecified atom stereocenters. The zero-order chi connectivity index (χ0) is 24.4. The van der Waals surface area contributed by atoms with E-state index in [1.54, 1.807) is 49.2 Å². The Labute approximate surface area is 210 Å². The molecule has 35 heavy (non-hydrogen) atoms. The fraction of sp³-hybridized carbons (Fsp3) is 0.480. The van der Waals surface area contributed by atoms with Gasteiger partial charge in [-0.05, 0) is 36.8 Å². The summed E-state index contributed by atoms with van der Waals surface area (Å²) in [4.78, 5) is 46.5. The number of imide groups is 1. The maximum atomic E-state index is 13.2. The summed E-state index contributed by atoms with van der Waals surface area (Å²) in [5.74, 6) is 1.98. The van der Waals surface area contributed by atoms with E-state index in [1.807, 2.05) is 0 Å². The number of urea groups is 1. The highest BCUT2D eigenvalue weighted by Crippen LogP contribution is 2.31. The average Bonchev–Trinajstić information content (AvgIpc) is 3.27. The van der Waals surface area contributed by atoms with E-state index in [-0.39, 0.29) is 11.9 Å². The number of guanidine groups is 1. The highest BCUT2D eigenvalue weighted by molar-refractivity contribution is 7.99. The lowest BCUT2D eigenvalue weighted by molar-refractivity contribution is -0.136. The molecule has 2 aromatic rings. The Morgan fingerprint density at radius 2 is 1.71 bits per heavy atom. The molecular weight excluding hydrogens is 462 g/mol. The van der Waals surface area contributed by atoms with Gasteiger partial charge in [0.1, 0.15) is 0 Å². The Morgan fingerprint density at radius 1 is 1.00 bits per heavy atom. The highest BCUT2D eigenvalue weighted by atomic mass is 32.2. The van der Waals surface area contributed by atoms with Gasteiger partial charge in [-0.1, -0.05) is 42.1 Å². The van der Waals surface area contributed by atoms with Crippen molar-refractivity contribution < 1.29 is 9.59 Å². The summed E-state index contributed by atoms with van der Waals surface area (Å²) in [6.07, 6.45) is 6.20. The first-order valence-corrected chi connectivity index (χ1v) is 13.1. The van der Waals surface area contributed by atoms with Crippen molar-refractivity contribution in [3.63, 3.8) is 0 Å². The standard InChI is InChI=1S/C25H31N7O2S/c1-29-21-20(22(33)30(2)25(29)34)32(15-16-35-23-26-11-6-12-27-23)24(28-21)31-13-9-19(10-14-31)17-18-7-4-3-5-8-18/h3-8,11-12,19-21H,9-10,13-17H2,1-2H3. The van der Waals surface area contributed by atoms with Crippen LogP contribution in [0.3, 0.4) is 0 Å². The topological polar surface area (TPSA) is 85.2 Å². The lowest BCUT2D eigenvalue weighted by atomic mass is 9.90. The molecule has 0 radical (unpaired) electrons. The zero-order valence-corrected chi connectivity index (χ0v) is 21.0. The second kappa shape index (κ2) is 10.2. The number of fused-ring (bicyclic) bond motifs is 1. The molecule has 0 saturated carbocycles. The van der Waals surface area contributed by atoms with E-state index in [9.17, 15) is 9.59 Å². The number of carbonyl (C=O) groups is 2. The van der Waals surface area contributed by atoms with Gasteiger partial charge in [0.15, 0.2) is 23.3 Å². The van der Waals surface area contributed by atoms with Crippen LogP contribution < -0.4 is 0 Å². The van der Waals surface area contributed by atoms with Crippen LogP contribution in [0.15, 0.2) is 58.9 Å². The molecule has 9 nitrogen and oxygen atoms in total. The first-order chi connectivity index (χ1) is 17.0. The Morgan fingerprint density at radius 3 is 2.43 bits per heavy atom. The maximum Gasteiger partial charge on any atom is 0.328 e. The summed E-state index contributed by atoms with van der Waals surface area (Å²) >= 11 is 1.56. The predicted molar refractivity (Wildman–Crippen MR) is 135 cm³/mol. The van der Waals surface area contributed by atoms with Gasteiger partial charge in [0.05, 0.1) is 0 Å². The van der Waals surface area contributed by atoms with Crippen LogP contribution >= 0.6 is 11.8 Å². The number of amides is 3. The number of thioether (sulfide) groups is 1. The lowest BCUT2D eigenvalue weighted by Crippen LogP contribution is -2.64. The van der Waals surface area contributed by atoms with Crippen molar-refractivity contribution in [2.45, 2.75) is 36.6 Å². The molecule has 184 valence electrons. The van der Waals surface area contributed by atoms with Crippen LogP contribution in [0.2, 0.25) is 0 Å². The summed E-state index contributed by atoms with van der Waals surface area (Å²) in [5, 5.41) is 0.711. The molecule has 10 heteroatoms. The molecule has 4 heterocycles. The van der Waals surface area contributed by atoms with E-state index < -0.39 is 12.2 Å². The average molecular weight is 494 g/mol. The van der Waals surface area contributed by atoms with Crippen molar-refractivity contribution in [1.29, 1.82) is 0 Å². The first kappa shape index (κ1) is 23.6. The van der Waals surface area contributed by atoms with Crippen LogP contribution in [0.4, 0.5) is 4.79 Å². The second-order valence-corrected chi connectivity index (χ2v) is 10.3. The fourth-order valence-corrected chi connectivity index (χ4v) is 5.87. The molecule has 1 aromatic carbocycles. The number of benzene rings is 1. The minimum absolute atomic E-state index is 0.197. The number of rotatable bonds is 6. The predicted octanol–water partition coefficient (Wildman–Crippen LogP) is 2.41. The van der Waals surface area contributed by atoms with Gasteiger partial charge >= 0.3 is 6.03 Å². The van der Waals surface area contributed by atoms with Crippen molar-refractivity contribution in [3.05, 3.63) is 54.4 Å². The van der Waals surface area contributed by atoms with Gasteiger partial charge in [-0.3, -0.25) is 9.69 Å². The van der Waals surface area contributed by atoms with Crippen molar-refractivity contribution in [2.75, 3.05) is 39.5 Å². The second-order valence-electron chi connectivity index (χ2n) is 9.27. The number of likely N-dealkylation sites (tertiary alicyclic amines) is 1. The molecule has 5 rings (SSSR count). The minimum Gasteiger partial charge on any atom is -0.343 e. The Hall–Kier alpha value is -3.14. The third kappa shape index (κ3) is 4.84. The number of piperidine rings is 1. The van der Waals surface area contributed by atoms with Crippen LogP contribution in [0.25, 0.3) is 0 Å². The summed E-state index contributed by atoms with van der Waals surface area (Å²) in [7, 11) is 3.28. The molecule has 2 atom stereocenters. The van der Waals surface area contributed by atoms with Crippen LogP contribution in [-0.4, -0.2) is 99.2 Å². The first-order valence-electron chi connectivity index (χ1n) is 12.1. The number of aromatic nitrogens is 2. The van der Waals surface area contributed by atoms with Crippen LogP contribution in [0.5, 0.6) is 0 Å². The monoisotopic (exact) mass is 493 g/mol. The third-order valence-electron chi connectivity index (χ3n) is 7.06. The lowest BCUT2D eigenvalue weighted by Gasteiger charge is -2.41. The van der Waals surface area contributed by atoms with Crippen molar-refractivity contribution in [2.24, 2.45) is 10.9 Å². The minimum atomic E-state index is -0.503. The summed E-state index contributed by atoms with van der Waals surface area (Å²) in [6.45, 7) is 2.40. The zero-order valence-electron chi connectivity index (χ0n) is 20.2. The van der Waals surface area contributed by atoms with E-state index >= 15 is 0 Å². The molecule has 1 aromatic heterocycles. The van der Waals surface area contributed by atoms with Crippen LogP contribution in [0.1, 0.15) is 18.4 Å². The molecule has 0 N–H and O–H groups in total. The van der Waals surface area contributed by atoms with Gasteiger partial charge in [0, 0.05) is 51.9 Å². The number of carbonyl (C=O) groups excluding carboxylic acids is 2. The summed E-state index contributed by atoms with van der Waals surface area (Å²) in [6, 6.07) is 11.6. The quantitative estimate of drug-likeness (QED) is 0.451. The van der Waals surface area contributed by atoms with E-state index in [1.165, 1.54) is 10.5 Å². The molecule has 3 amide bonds. The Bertz CT molecular complexity index is 1080. The molecular formula is C25H31N7O2S. The Kier molecular flexibility index (Phi) is 6.90. The number of nitrogens with zero attached hydrogens (tertiary/aromatic N) is 7. The highest BCUT2D eigenvalue weighted by Gasteiger charge is 2.52. The van der Waals surface area contributed by atoms with Gasteiger partial charge < -0.3 is 14.7 Å². The van der Waals surface area contributed by atoms with Crippen molar-refractivity contribution in [3.8, 4) is 0 Å². The molecule has 3 aliphatic heterocycles. The number of likely N-dealkylation sites (N-methyl/N-ethyl adjacent to an activating group) is 2. The van der Waals surface area contributed by atoms with E-state index in [4.69, 9.17) is 4.99 Å². The Balaban J connectivity index is 1.30. The largest absolute Gasteiger partial charge is 0.343 e. The molecule has 0 aliphatic carbocycles. The molecule has 2 saturated heterocycles. The number of hydrogen-bond donors (Lipinski definition) is 0. The van der Waals surface area contributed by atoms with E-state index in [0.29, 0.717) is 23.4 Å². The molecule has 0 bridgehead atoms. The van der Waals surface area contributed by atoms with Gasteiger partial charge in [-0.15, -0.1) is 0 Å². The van der Waals surface area contributed by atoms with E-state index in [2.05, 4.69) is 50.1 Å². The maximum absolute atomic E-state index is 13.2. The van der Waals surface area contributed by atoms with E-state index in [0.717, 1.165) is 38.3 Å². The summed E-state index contributed by atoms with van der Waals surface area (Å²) in [5.41, 5.74) is 1.38. The van der Waals surface area contributed by atoms with Crippen molar-refractivity contribution in [1.82, 2.24) is 29.6 Å². The normalized spacial score (nSPS) is 23.1. The van der Waals surface area contributed by atoms with Gasteiger partial charge in [0.25, 0.3) is 5.91 Å². The number of hydrogen-bond acceptors (Lipinski definition) is 8. The smallest absolute Gasteiger partial charge is 0.328 e. The third-order valence-corrected chi connectivity index (χ3v) is 7.92. The molecule has 0 spiro atoms. The van der Waals surface area contributed by atoms with Crippen LogP contribution in [-0.2, 0) is 11.2 Å². The molecule has 2 fully saturated rings. The van der Waals surface area contributed by atoms with Gasteiger partial charge in [-0.2, -0.15) is 0 Å². The SMILES string of the molecule is CN1C(=O)C2C(N=C(N3CCC(Cc4ccccc4)CC3)N2CCSc2ncccn2)N(C)C1=O. The van der Waals surface area contributed by atoms with Gasteiger partial charge in [-0.25, -0.2) is 19.8 Å². The van der Waals surface area contributed by atoms with Crippen molar-refractivity contribution >= 4 is 29.7 Å².